The Bertz CT molecular complexity index is 467. The highest BCUT2D eigenvalue weighted by atomic mass is 15.2. The third-order valence-corrected chi connectivity index (χ3v) is 4.43. The topological polar surface area (TPSA) is 55.0 Å². The van der Waals surface area contributed by atoms with Gasteiger partial charge in [0, 0.05) is 24.6 Å². The van der Waals surface area contributed by atoms with Gasteiger partial charge in [-0.3, -0.25) is 0 Å². The predicted octanol–water partition coefficient (Wildman–Crippen LogP) is 2.87. The van der Waals surface area contributed by atoms with Crippen LogP contribution in [0.4, 0.5) is 11.6 Å². The van der Waals surface area contributed by atoms with E-state index in [1.165, 1.54) is 32.1 Å². The molecule has 1 atom stereocenters. The first-order chi connectivity index (χ1) is 9.15. The lowest BCUT2D eigenvalue weighted by Gasteiger charge is -2.24. The molecule has 1 aromatic rings. The van der Waals surface area contributed by atoms with Gasteiger partial charge in [0.1, 0.15) is 17.5 Å². The van der Waals surface area contributed by atoms with Crippen molar-refractivity contribution in [2.45, 2.75) is 51.9 Å². The third-order valence-electron chi connectivity index (χ3n) is 4.43. The van der Waals surface area contributed by atoms with Gasteiger partial charge in [0.25, 0.3) is 0 Å². The number of hydrogen-bond acceptors (Lipinski definition) is 4. The van der Waals surface area contributed by atoms with E-state index in [9.17, 15) is 0 Å². The van der Waals surface area contributed by atoms with Crippen LogP contribution in [0.5, 0.6) is 0 Å². The maximum atomic E-state index is 6.08. The van der Waals surface area contributed by atoms with Crippen LogP contribution in [0.1, 0.15) is 56.3 Å². The number of aromatic nitrogens is 2. The molecule has 0 spiro atoms. The summed E-state index contributed by atoms with van der Waals surface area (Å²) in [6.45, 7) is 6.60. The number of anilines is 2. The van der Waals surface area contributed by atoms with Crippen LogP contribution in [-0.2, 0) is 0 Å². The van der Waals surface area contributed by atoms with Gasteiger partial charge < -0.3 is 10.6 Å². The maximum Gasteiger partial charge on any atom is 0.137 e. The van der Waals surface area contributed by atoms with Crippen LogP contribution in [0.25, 0.3) is 0 Å². The molecule has 4 nitrogen and oxygen atoms in total. The van der Waals surface area contributed by atoms with Crippen LogP contribution in [0.2, 0.25) is 0 Å². The third kappa shape index (κ3) is 2.67. The Kier molecular flexibility index (Phi) is 3.33. The second-order valence-electron chi connectivity index (χ2n) is 6.21. The van der Waals surface area contributed by atoms with E-state index >= 15 is 0 Å². The predicted molar refractivity (Wildman–Crippen MR) is 78.4 cm³/mol. The fourth-order valence-electron chi connectivity index (χ4n) is 2.85. The molecule has 1 aliphatic heterocycles. The highest BCUT2D eigenvalue weighted by Crippen LogP contribution is 2.39. The number of nitrogens with zero attached hydrogens (tertiary/aromatic N) is 3. The summed E-state index contributed by atoms with van der Waals surface area (Å²) in [5.41, 5.74) is 7.14. The van der Waals surface area contributed by atoms with Crippen molar-refractivity contribution >= 4 is 11.6 Å². The Morgan fingerprint density at radius 1 is 1.11 bits per heavy atom. The summed E-state index contributed by atoms with van der Waals surface area (Å²) < 4.78 is 0. The first-order valence-electron chi connectivity index (χ1n) is 7.54. The fraction of sp³-hybridized carbons (Fsp3) is 0.733. The molecule has 104 valence electrons. The molecule has 2 heterocycles. The standard InChI is InChI=1S/C15H24N4/c1-10-4-3-8-19(9-7-10)15-11(2)13(16)17-14(18-15)12-5-6-12/h10,12H,3-9H2,1-2H3,(H2,16,17,18). The van der Waals surface area contributed by atoms with Gasteiger partial charge in [0.15, 0.2) is 0 Å². The van der Waals surface area contributed by atoms with Crippen LogP contribution in [-0.4, -0.2) is 23.1 Å². The van der Waals surface area contributed by atoms with Crippen molar-refractivity contribution in [3.8, 4) is 0 Å². The van der Waals surface area contributed by atoms with Gasteiger partial charge in [0.05, 0.1) is 0 Å². The summed E-state index contributed by atoms with van der Waals surface area (Å²) in [4.78, 5) is 11.7. The Labute approximate surface area is 115 Å². The van der Waals surface area contributed by atoms with Crippen LogP contribution >= 0.6 is 0 Å². The molecule has 4 heteroatoms. The Morgan fingerprint density at radius 2 is 1.89 bits per heavy atom. The number of nitrogen functional groups attached to an aromatic ring is 1. The minimum atomic E-state index is 0.563. The van der Waals surface area contributed by atoms with Gasteiger partial charge >= 0.3 is 0 Å². The minimum absolute atomic E-state index is 0.563. The molecular formula is C15H24N4. The first kappa shape index (κ1) is 12.7. The quantitative estimate of drug-likeness (QED) is 0.888. The maximum absolute atomic E-state index is 6.08. The molecule has 2 fully saturated rings. The number of rotatable bonds is 2. The molecule has 1 unspecified atom stereocenters. The highest BCUT2D eigenvalue weighted by Gasteiger charge is 2.29. The lowest BCUT2D eigenvalue weighted by molar-refractivity contribution is 0.521. The molecular weight excluding hydrogens is 236 g/mol. The van der Waals surface area contributed by atoms with E-state index in [0.717, 1.165) is 36.2 Å². The van der Waals surface area contributed by atoms with Crippen molar-refractivity contribution in [3.05, 3.63) is 11.4 Å². The molecule has 1 saturated heterocycles. The SMILES string of the molecule is Cc1c(N)nc(C2CC2)nc1N1CCCC(C)CC1. The molecule has 1 aromatic heterocycles. The fourth-order valence-corrected chi connectivity index (χ4v) is 2.85. The van der Waals surface area contributed by atoms with E-state index in [1.54, 1.807) is 0 Å². The van der Waals surface area contributed by atoms with Crippen molar-refractivity contribution < 1.29 is 0 Å². The molecule has 19 heavy (non-hydrogen) atoms. The Hall–Kier alpha value is -1.32. The van der Waals surface area contributed by atoms with Crippen molar-refractivity contribution in [2.24, 2.45) is 5.92 Å². The molecule has 0 amide bonds. The second kappa shape index (κ2) is 4.99. The van der Waals surface area contributed by atoms with E-state index in [4.69, 9.17) is 10.7 Å². The van der Waals surface area contributed by atoms with E-state index in [1.807, 2.05) is 0 Å². The van der Waals surface area contributed by atoms with Gasteiger partial charge in [0.2, 0.25) is 0 Å². The van der Waals surface area contributed by atoms with E-state index < -0.39 is 0 Å². The average molecular weight is 260 g/mol. The second-order valence-corrected chi connectivity index (χ2v) is 6.21. The zero-order valence-corrected chi connectivity index (χ0v) is 12.0. The summed E-state index contributed by atoms with van der Waals surface area (Å²) in [6.07, 6.45) is 6.27. The normalized spacial score (nSPS) is 24.3. The summed E-state index contributed by atoms with van der Waals surface area (Å²) >= 11 is 0. The lowest BCUT2D eigenvalue weighted by atomic mass is 10.0. The van der Waals surface area contributed by atoms with Crippen LogP contribution < -0.4 is 10.6 Å². The average Bonchev–Trinajstić information content (AvgIpc) is 3.20. The Balaban J connectivity index is 1.89. The van der Waals surface area contributed by atoms with Gasteiger partial charge in [-0.2, -0.15) is 0 Å². The summed E-state index contributed by atoms with van der Waals surface area (Å²) in [6, 6.07) is 0. The molecule has 1 aliphatic carbocycles. The first-order valence-corrected chi connectivity index (χ1v) is 7.54. The van der Waals surface area contributed by atoms with Crippen molar-refractivity contribution in [3.63, 3.8) is 0 Å². The van der Waals surface area contributed by atoms with Gasteiger partial charge in [-0.25, -0.2) is 9.97 Å². The summed E-state index contributed by atoms with van der Waals surface area (Å²) in [7, 11) is 0. The van der Waals surface area contributed by atoms with Gasteiger partial charge in [-0.05, 0) is 44.9 Å². The molecule has 1 saturated carbocycles. The van der Waals surface area contributed by atoms with Crippen LogP contribution in [0.15, 0.2) is 0 Å². The lowest BCUT2D eigenvalue weighted by Crippen LogP contribution is -2.27. The molecule has 0 aromatic carbocycles. The van der Waals surface area contributed by atoms with E-state index in [0.29, 0.717) is 11.7 Å². The molecule has 3 rings (SSSR count). The van der Waals surface area contributed by atoms with E-state index in [2.05, 4.69) is 23.7 Å². The minimum Gasteiger partial charge on any atom is -0.383 e. The molecule has 2 aliphatic rings. The van der Waals surface area contributed by atoms with Crippen molar-refractivity contribution in [2.75, 3.05) is 23.7 Å². The number of nitrogens with two attached hydrogens (primary N) is 1. The zero-order chi connectivity index (χ0) is 13.4. The summed E-state index contributed by atoms with van der Waals surface area (Å²) in [5.74, 6) is 4.11. The van der Waals surface area contributed by atoms with Crippen LogP contribution in [0, 0.1) is 12.8 Å². The van der Waals surface area contributed by atoms with E-state index in [-0.39, 0.29) is 0 Å². The monoisotopic (exact) mass is 260 g/mol. The molecule has 0 radical (unpaired) electrons. The van der Waals surface area contributed by atoms with Gasteiger partial charge in [-0.15, -0.1) is 0 Å². The van der Waals surface area contributed by atoms with Crippen molar-refractivity contribution in [1.29, 1.82) is 0 Å². The Morgan fingerprint density at radius 3 is 2.63 bits per heavy atom. The highest BCUT2D eigenvalue weighted by molar-refractivity contribution is 5.57. The zero-order valence-electron chi connectivity index (χ0n) is 12.0. The number of hydrogen-bond donors (Lipinski definition) is 1. The summed E-state index contributed by atoms with van der Waals surface area (Å²) in [5, 5.41) is 0. The van der Waals surface area contributed by atoms with Crippen LogP contribution in [0.3, 0.4) is 0 Å². The van der Waals surface area contributed by atoms with Gasteiger partial charge in [-0.1, -0.05) is 6.92 Å². The largest absolute Gasteiger partial charge is 0.383 e. The molecule has 0 bridgehead atoms. The molecule has 2 N–H and O–H groups in total. The smallest absolute Gasteiger partial charge is 0.137 e. The van der Waals surface area contributed by atoms with Crippen molar-refractivity contribution in [1.82, 2.24) is 9.97 Å².